The molecule has 0 aliphatic rings. The van der Waals surface area contributed by atoms with Crippen molar-refractivity contribution in [3.63, 3.8) is 0 Å². The first-order valence-corrected chi connectivity index (χ1v) is 10.0. The lowest BCUT2D eigenvalue weighted by molar-refractivity contribution is 0.120. The molecule has 154 valence electrons. The SMILES string of the molecule is C[C@@H](O)COc1ccc(-c2ccc(-c3cc4ccncc4n3C[C@@H](C)O)cc2)cn1. The van der Waals surface area contributed by atoms with Gasteiger partial charge in [-0.15, -0.1) is 0 Å². The maximum atomic E-state index is 9.97. The molecule has 0 radical (unpaired) electrons. The van der Waals surface area contributed by atoms with Gasteiger partial charge in [-0.3, -0.25) is 4.98 Å². The fourth-order valence-electron chi connectivity index (χ4n) is 3.48. The quantitative estimate of drug-likeness (QED) is 0.489. The predicted octanol–water partition coefficient (Wildman–Crippen LogP) is 3.91. The highest BCUT2D eigenvalue weighted by atomic mass is 16.5. The van der Waals surface area contributed by atoms with Crippen molar-refractivity contribution in [2.45, 2.75) is 32.6 Å². The highest BCUT2D eigenvalue weighted by Gasteiger charge is 2.13. The predicted molar refractivity (Wildman–Crippen MR) is 117 cm³/mol. The summed E-state index contributed by atoms with van der Waals surface area (Å²) < 4.78 is 7.53. The van der Waals surface area contributed by atoms with Crippen LogP contribution in [-0.4, -0.2) is 43.6 Å². The summed E-state index contributed by atoms with van der Waals surface area (Å²) in [5.74, 6) is 0.493. The van der Waals surface area contributed by atoms with Gasteiger partial charge >= 0.3 is 0 Å². The normalized spacial score (nSPS) is 13.3. The number of aliphatic hydroxyl groups excluding tert-OH is 2. The van der Waals surface area contributed by atoms with Gasteiger partial charge in [-0.05, 0) is 43.2 Å². The van der Waals surface area contributed by atoms with Crippen LogP contribution in [0.3, 0.4) is 0 Å². The van der Waals surface area contributed by atoms with Gasteiger partial charge in [0, 0.05) is 41.6 Å². The van der Waals surface area contributed by atoms with Crippen LogP contribution in [-0.2, 0) is 6.54 Å². The van der Waals surface area contributed by atoms with Crippen molar-refractivity contribution in [3.8, 4) is 28.3 Å². The van der Waals surface area contributed by atoms with E-state index >= 15 is 0 Å². The van der Waals surface area contributed by atoms with Crippen molar-refractivity contribution >= 4 is 10.9 Å². The van der Waals surface area contributed by atoms with Crippen molar-refractivity contribution in [2.75, 3.05) is 6.61 Å². The number of aromatic nitrogens is 3. The Hall–Kier alpha value is -3.22. The molecule has 3 aromatic heterocycles. The molecule has 3 heterocycles. The smallest absolute Gasteiger partial charge is 0.213 e. The van der Waals surface area contributed by atoms with Crippen LogP contribution >= 0.6 is 0 Å². The van der Waals surface area contributed by atoms with E-state index in [0.29, 0.717) is 12.4 Å². The van der Waals surface area contributed by atoms with Gasteiger partial charge in [0.1, 0.15) is 6.61 Å². The van der Waals surface area contributed by atoms with E-state index in [2.05, 4.69) is 44.9 Å². The molecule has 2 N–H and O–H groups in total. The largest absolute Gasteiger partial charge is 0.475 e. The number of pyridine rings is 2. The van der Waals surface area contributed by atoms with E-state index in [4.69, 9.17) is 4.74 Å². The minimum atomic E-state index is -0.529. The maximum Gasteiger partial charge on any atom is 0.213 e. The summed E-state index contributed by atoms with van der Waals surface area (Å²) in [6.45, 7) is 4.19. The zero-order valence-electron chi connectivity index (χ0n) is 17.1. The van der Waals surface area contributed by atoms with E-state index in [-0.39, 0.29) is 6.61 Å². The van der Waals surface area contributed by atoms with Gasteiger partial charge in [0.25, 0.3) is 0 Å². The average Bonchev–Trinajstić information content (AvgIpc) is 3.11. The van der Waals surface area contributed by atoms with Crippen LogP contribution in [0.25, 0.3) is 33.3 Å². The number of rotatable bonds is 7. The second kappa shape index (κ2) is 8.65. The summed E-state index contributed by atoms with van der Waals surface area (Å²) in [6, 6.07) is 16.1. The molecule has 2 atom stereocenters. The zero-order chi connectivity index (χ0) is 21.1. The Morgan fingerprint density at radius 2 is 1.63 bits per heavy atom. The van der Waals surface area contributed by atoms with Gasteiger partial charge in [-0.2, -0.15) is 0 Å². The van der Waals surface area contributed by atoms with Crippen molar-refractivity contribution in [3.05, 3.63) is 67.1 Å². The van der Waals surface area contributed by atoms with Crippen LogP contribution in [0, 0.1) is 0 Å². The fraction of sp³-hybridized carbons (Fsp3) is 0.250. The van der Waals surface area contributed by atoms with Crippen LogP contribution in [0.2, 0.25) is 0 Å². The van der Waals surface area contributed by atoms with Crippen LogP contribution in [0.1, 0.15) is 13.8 Å². The summed E-state index contributed by atoms with van der Waals surface area (Å²) in [5.41, 5.74) is 5.16. The van der Waals surface area contributed by atoms with Gasteiger partial charge < -0.3 is 19.5 Å². The van der Waals surface area contributed by atoms with Gasteiger partial charge in [0.2, 0.25) is 5.88 Å². The van der Waals surface area contributed by atoms with Crippen molar-refractivity contribution in [2.24, 2.45) is 0 Å². The van der Waals surface area contributed by atoms with E-state index < -0.39 is 12.2 Å². The summed E-state index contributed by atoms with van der Waals surface area (Å²) in [6.07, 6.45) is 4.40. The number of nitrogens with zero attached hydrogens (tertiary/aromatic N) is 3. The van der Waals surface area contributed by atoms with Gasteiger partial charge in [0.05, 0.1) is 23.9 Å². The molecule has 6 nitrogen and oxygen atoms in total. The van der Waals surface area contributed by atoms with Crippen LogP contribution < -0.4 is 4.74 Å². The molecule has 0 fully saturated rings. The Morgan fingerprint density at radius 3 is 2.30 bits per heavy atom. The number of aliphatic hydroxyl groups is 2. The fourth-order valence-corrected chi connectivity index (χ4v) is 3.48. The summed E-state index contributed by atoms with van der Waals surface area (Å²) in [5, 5.41) is 20.4. The summed E-state index contributed by atoms with van der Waals surface area (Å²) >= 11 is 0. The molecule has 1 aromatic carbocycles. The molecule has 4 aromatic rings. The molecule has 0 spiro atoms. The van der Waals surface area contributed by atoms with Crippen molar-refractivity contribution in [1.29, 1.82) is 0 Å². The third kappa shape index (κ3) is 4.35. The van der Waals surface area contributed by atoms with Gasteiger partial charge in [-0.1, -0.05) is 24.3 Å². The van der Waals surface area contributed by atoms with Crippen LogP contribution in [0.4, 0.5) is 0 Å². The summed E-state index contributed by atoms with van der Waals surface area (Å²) in [4.78, 5) is 8.55. The van der Waals surface area contributed by atoms with Crippen LogP contribution in [0.15, 0.2) is 67.1 Å². The highest BCUT2D eigenvalue weighted by Crippen LogP contribution is 2.30. The first kappa shape index (κ1) is 20.1. The van der Waals surface area contributed by atoms with Crippen LogP contribution in [0.5, 0.6) is 5.88 Å². The second-order valence-electron chi connectivity index (χ2n) is 7.55. The minimum Gasteiger partial charge on any atom is -0.475 e. The lowest BCUT2D eigenvalue weighted by Gasteiger charge is -2.13. The summed E-state index contributed by atoms with van der Waals surface area (Å²) in [7, 11) is 0. The number of ether oxygens (including phenoxy) is 1. The molecule has 0 amide bonds. The van der Waals surface area contributed by atoms with E-state index in [1.54, 1.807) is 32.3 Å². The lowest BCUT2D eigenvalue weighted by Crippen LogP contribution is -2.13. The Kier molecular flexibility index (Phi) is 5.79. The van der Waals surface area contributed by atoms with E-state index in [1.807, 2.05) is 18.3 Å². The molecule has 6 heteroatoms. The zero-order valence-corrected chi connectivity index (χ0v) is 17.1. The van der Waals surface area contributed by atoms with E-state index in [0.717, 1.165) is 33.3 Å². The monoisotopic (exact) mass is 403 g/mol. The minimum absolute atomic E-state index is 0.219. The first-order valence-electron chi connectivity index (χ1n) is 10.0. The van der Waals surface area contributed by atoms with Crippen molar-refractivity contribution < 1.29 is 14.9 Å². The molecule has 30 heavy (non-hydrogen) atoms. The number of benzene rings is 1. The standard InChI is InChI=1S/C24H25N3O3/c1-16(28)14-27-22(11-20-9-10-25-13-23(20)27)19-5-3-18(4-6-19)21-7-8-24(26-12-21)30-15-17(2)29/h3-13,16-17,28-29H,14-15H2,1-2H3/t16-,17-/m1/s1. The highest BCUT2D eigenvalue weighted by molar-refractivity contribution is 5.86. The third-order valence-electron chi connectivity index (χ3n) is 4.88. The molecule has 0 aliphatic carbocycles. The molecule has 0 aliphatic heterocycles. The molecule has 0 unspecified atom stereocenters. The lowest BCUT2D eigenvalue weighted by atomic mass is 10.0. The Morgan fingerprint density at radius 1 is 0.900 bits per heavy atom. The number of hydrogen-bond acceptors (Lipinski definition) is 5. The van der Waals surface area contributed by atoms with Gasteiger partial charge in [0.15, 0.2) is 0 Å². The molecular formula is C24H25N3O3. The van der Waals surface area contributed by atoms with E-state index in [1.165, 1.54) is 0 Å². The Bertz CT molecular complexity index is 1120. The average molecular weight is 403 g/mol. The second-order valence-corrected chi connectivity index (χ2v) is 7.55. The third-order valence-corrected chi connectivity index (χ3v) is 4.88. The van der Waals surface area contributed by atoms with E-state index in [9.17, 15) is 10.2 Å². The first-order chi connectivity index (χ1) is 14.5. The van der Waals surface area contributed by atoms with Gasteiger partial charge in [-0.25, -0.2) is 4.98 Å². The molecule has 0 saturated carbocycles. The Balaban J connectivity index is 1.61. The van der Waals surface area contributed by atoms with Crippen molar-refractivity contribution in [1.82, 2.24) is 14.5 Å². The molecule has 0 saturated heterocycles. The topological polar surface area (TPSA) is 80.4 Å². The maximum absolute atomic E-state index is 9.97. The number of fused-ring (bicyclic) bond motifs is 1. The number of hydrogen-bond donors (Lipinski definition) is 2. The Labute approximate surface area is 175 Å². The molecular weight excluding hydrogens is 378 g/mol. The molecule has 4 rings (SSSR count). The molecule has 0 bridgehead atoms.